The first-order chi connectivity index (χ1) is 9.15. The van der Waals surface area contributed by atoms with Crippen LogP contribution in [0, 0.1) is 17.3 Å². The molecule has 0 heterocycles. The quantitative estimate of drug-likeness (QED) is 0.484. The molecule has 0 aromatic heterocycles. The molecule has 0 radical (unpaired) electrons. The van der Waals surface area contributed by atoms with Crippen LogP contribution in [-0.2, 0) is 4.74 Å². The first kappa shape index (κ1) is 15.8. The topological polar surface area (TPSA) is 9.23 Å². The third kappa shape index (κ3) is 4.46. The van der Waals surface area contributed by atoms with Gasteiger partial charge in [0.15, 0.2) is 0 Å². The van der Waals surface area contributed by atoms with E-state index in [0.29, 0.717) is 11.5 Å². The van der Waals surface area contributed by atoms with E-state index in [1.165, 1.54) is 57.8 Å². The van der Waals surface area contributed by atoms with Crippen molar-refractivity contribution in [2.45, 2.75) is 77.7 Å². The van der Waals surface area contributed by atoms with Crippen LogP contribution >= 0.6 is 15.9 Å². The molecule has 0 amide bonds. The smallest absolute Gasteiger partial charge is 0.0578 e. The van der Waals surface area contributed by atoms with Crippen molar-refractivity contribution in [2.75, 3.05) is 11.9 Å². The third-order valence-corrected chi connectivity index (χ3v) is 6.81. The van der Waals surface area contributed by atoms with E-state index in [1.807, 2.05) is 0 Å². The molecule has 3 unspecified atom stereocenters. The van der Waals surface area contributed by atoms with Crippen LogP contribution < -0.4 is 0 Å². The number of alkyl halides is 1. The Labute approximate surface area is 128 Å². The van der Waals surface area contributed by atoms with E-state index in [-0.39, 0.29) is 0 Å². The van der Waals surface area contributed by atoms with Crippen LogP contribution in [0.15, 0.2) is 0 Å². The van der Waals surface area contributed by atoms with E-state index in [9.17, 15) is 0 Å². The van der Waals surface area contributed by atoms with Gasteiger partial charge in [0.25, 0.3) is 0 Å². The van der Waals surface area contributed by atoms with Gasteiger partial charge in [0, 0.05) is 10.7 Å². The maximum atomic E-state index is 6.36. The predicted octanol–water partition coefficient (Wildman–Crippen LogP) is 5.56. The molecule has 0 aromatic rings. The van der Waals surface area contributed by atoms with E-state index in [1.54, 1.807) is 0 Å². The lowest BCUT2D eigenvalue weighted by Crippen LogP contribution is -2.34. The Kier molecular flexibility index (Phi) is 6.20. The number of rotatable bonds is 4. The van der Waals surface area contributed by atoms with Crippen molar-refractivity contribution < 1.29 is 4.74 Å². The van der Waals surface area contributed by atoms with Gasteiger partial charge in [0.05, 0.1) is 12.7 Å². The zero-order chi connectivity index (χ0) is 13.7. The molecule has 2 saturated carbocycles. The number of halogens is 1. The maximum absolute atomic E-state index is 6.36. The fraction of sp³-hybridized carbons (Fsp3) is 1.00. The molecule has 19 heavy (non-hydrogen) atoms. The Balaban J connectivity index is 1.82. The Morgan fingerprint density at radius 2 is 1.68 bits per heavy atom. The van der Waals surface area contributed by atoms with Crippen molar-refractivity contribution in [1.82, 2.24) is 0 Å². The maximum Gasteiger partial charge on any atom is 0.0578 e. The summed E-state index contributed by atoms with van der Waals surface area (Å²) >= 11 is 3.77. The van der Waals surface area contributed by atoms with Crippen LogP contribution in [0.3, 0.4) is 0 Å². The first-order valence-corrected chi connectivity index (χ1v) is 9.45. The van der Waals surface area contributed by atoms with Gasteiger partial charge in [0.2, 0.25) is 0 Å². The van der Waals surface area contributed by atoms with Gasteiger partial charge in [-0.05, 0) is 43.9 Å². The van der Waals surface area contributed by atoms with E-state index >= 15 is 0 Å². The average molecular weight is 331 g/mol. The highest BCUT2D eigenvalue weighted by atomic mass is 79.9. The molecular formula is C17H31BrO. The zero-order valence-electron chi connectivity index (χ0n) is 12.8. The summed E-state index contributed by atoms with van der Waals surface area (Å²) in [7, 11) is 0. The Morgan fingerprint density at radius 1 is 1.00 bits per heavy atom. The van der Waals surface area contributed by atoms with Crippen molar-refractivity contribution in [1.29, 1.82) is 0 Å². The Hall–Kier alpha value is 0.440. The van der Waals surface area contributed by atoms with Crippen molar-refractivity contribution in [2.24, 2.45) is 17.3 Å². The summed E-state index contributed by atoms with van der Waals surface area (Å²) in [6.45, 7) is 5.78. The van der Waals surface area contributed by atoms with Crippen molar-refractivity contribution >= 4 is 15.9 Å². The SMILES string of the molecule is CC1CCC(OCC2(CBr)CCCCCC2)CC1C. The van der Waals surface area contributed by atoms with Crippen molar-refractivity contribution in [3.05, 3.63) is 0 Å². The van der Waals surface area contributed by atoms with Crippen LogP contribution in [0.5, 0.6) is 0 Å². The van der Waals surface area contributed by atoms with Gasteiger partial charge in [-0.15, -0.1) is 0 Å². The molecule has 0 bridgehead atoms. The molecule has 2 aliphatic carbocycles. The van der Waals surface area contributed by atoms with Gasteiger partial charge >= 0.3 is 0 Å². The van der Waals surface area contributed by atoms with Crippen molar-refractivity contribution in [3.63, 3.8) is 0 Å². The normalized spacial score (nSPS) is 35.8. The van der Waals surface area contributed by atoms with Crippen LogP contribution in [-0.4, -0.2) is 18.0 Å². The highest BCUT2D eigenvalue weighted by Crippen LogP contribution is 2.38. The van der Waals surface area contributed by atoms with Gasteiger partial charge in [-0.3, -0.25) is 0 Å². The van der Waals surface area contributed by atoms with Crippen LogP contribution in [0.2, 0.25) is 0 Å². The minimum absolute atomic E-state index is 0.433. The second-order valence-electron chi connectivity index (χ2n) is 7.25. The predicted molar refractivity (Wildman–Crippen MR) is 85.8 cm³/mol. The number of hydrogen-bond donors (Lipinski definition) is 0. The van der Waals surface area contributed by atoms with Gasteiger partial charge in [-0.1, -0.05) is 55.5 Å². The molecule has 2 heteroatoms. The molecule has 0 N–H and O–H groups in total. The minimum atomic E-state index is 0.433. The average Bonchev–Trinajstić information content (AvgIpc) is 2.66. The second kappa shape index (κ2) is 7.45. The fourth-order valence-electron chi connectivity index (χ4n) is 3.74. The van der Waals surface area contributed by atoms with Gasteiger partial charge < -0.3 is 4.74 Å². The molecular weight excluding hydrogens is 300 g/mol. The molecule has 0 aliphatic heterocycles. The molecule has 112 valence electrons. The van der Waals surface area contributed by atoms with Gasteiger partial charge in [-0.25, -0.2) is 0 Å². The Morgan fingerprint density at radius 3 is 2.26 bits per heavy atom. The summed E-state index contributed by atoms with van der Waals surface area (Å²) in [6, 6.07) is 0. The summed E-state index contributed by atoms with van der Waals surface area (Å²) in [5, 5.41) is 1.12. The monoisotopic (exact) mass is 330 g/mol. The van der Waals surface area contributed by atoms with E-state index < -0.39 is 0 Å². The van der Waals surface area contributed by atoms with Gasteiger partial charge in [-0.2, -0.15) is 0 Å². The molecule has 2 aliphatic rings. The second-order valence-corrected chi connectivity index (χ2v) is 7.81. The fourth-order valence-corrected chi connectivity index (χ4v) is 4.46. The number of ether oxygens (including phenoxy) is 1. The highest BCUT2D eigenvalue weighted by Gasteiger charge is 2.32. The standard InChI is InChI=1S/C17H31BrO/c1-14-7-8-16(11-15(14)2)19-13-17(12-18)9-5-3-4-6-10-17/h14-16H,3-13H2,1-2H3. The minimum Gasteiger partial charge on any atom is -0.378 e. The highest BCUT2D eigenvalue weighted by molar-refractivity contribution is 9.09. The molecule has 3 atom stereocenters. The molecule has 0 saturated heterocycles. The summed E-state index contributed by atoms with van der Waals surface area (Å²) in [5.74, 6) is 1.73. The van der Waals surface area contributed by atoms with Gasteiger partial charge in [0.1, 0.15) is 0 Å². The lowest BCUT2D eigenvalue weighted by Gasteiger charge is -2.36. The third-order valence-electron chi connectivity index (χ3n) is 5.62. The zero-order valence-corrected chi connectivity index (χ0v) is 14.4. The largest absolute Gasteiger partial charge is 0.378 e. The molecule has 2 rings (SSSR count). The summed E-state index contributed by atoms with van der Waals surface area (Å²) in [5.41, 5.74) is 0.433. The summed E-state index contributed by atoms with van der Waals surface area (Å²) in [6.07, 6.45) is 12.8. The molecule has 0 aromatic carbocycles. The molecule has 1 nitrogen and oxygen atoms in total. The summed E-state index contributed by atoms with van der Waals surface area (Å²) in [4.78, 5) is 0. The van der Waals surface area contributed by atoms with Crippen molar-refractivity contribution in [3.8, 4) is 0 Å². The Bertz CT molecular complexity index is 258. The summed E-state index contributed by atoms with van der Waals surface area (Å²) < 4.78 is 6.36. The van der Waals surface area contributed by atoms with Crippen LogP contribution in [0.4, 0.5) is 0 Å². The van der Waals surface area contributed by atoms with Crippen LogP contribution in [0.25, 0.3) is 0 Å². The lowest BCUT2D eigenvalue weighted by atomic mass is 9.79. The number of hydrogen-bond acceptors (Lipinski definition) is 1. The first-order valence-electron chi connectivity index (χ1n) is 8.33. The molecule has 2 fully saturated rings. The molecule has 0 spiro atoms. The van der Waals surface area contributed by atoms with E-state index in [2.05, 4.69) is 29.8 Å². The lowest BCUT2D eigenvalue weighted by molar-refractivity contribution is -0.0393. The van der Waals surface area contributed by atoms with Crippen LogP contribution in [0.1, 0.15) is 71.6 Å². The van der Waals surface area contributed by atoms with E-state index in [4.69, 9.17) is 4.74 Å². The van der Waals surface area contributed by atoms with E-state index in [0.717, 1.165) is 23.8 Å².